The van der Waals surface area contributed by atoms with Crippen molar-refractivity contribution in [3.8, 4) is 0 Å². The zero-order valence-electron chi connectivity index (χ0n) is 22.5. The van der Waals surface area contributed by atoms with Crippen LogP contribution in [0, 0.1) is 0 Å². The number of alkyl carbamates (subject to hydrolysis) is 1. The molecule has 3 atom stereocenters. The molecule has 37 heavy (non-hydrogen) atoms. The number of aliphatic hydroxyl groups excluding tert-OH is 2. The zero-order chi connectivity index (χ0) is 26.6. The van der Waals surface area contributed by atoms with E-state index in [1.165, 1.54) is 44.9 Å². The number of rotatable bonds is 20. The van der Waals surface area contributed by atoms with Gasteiger partial charge in [-0.1, -0.05) is 132 Å². The van der Waals surface area contributed by atoms with Gasteiger partial charge in [0.15, 0.2) is 0 Å². The fraction of sp³-hybridized carbons (Fsp3) is 0.581. The Morgan fingerprint density at radius 1 is 0.757 bits per heavy atom. The molecule has 0 spiro atoms. The van der Waals surface area contributed by atoms with Crippen LogP contribution in [-0.2, 0) is 22.7 Å². The molecule has 0 unspecified atom stereocenters. The lowest BCUT2D eigenvalue weighted by atomic mass is 9.99. The standard InChI is InChI=1S/C31H47NO5/c1-2-3-4-5-6-7-8-9-10-17-22-29(33)30(34)28(25-36-23-26-18-13-11-14-19-26)32-31(35)37-24-27-20-15-12-16-21-27/h11-16,18-21,28-30,33-34H,2-10,17,22-25H2,1H3,(H,32,35)/t28-,29+,30+/m0/s1. The number of hydrogen-bond donors (Lipinski definition) is 3. The molecule has 3 N–H and O–H groups in total. The molecule has 0 heterocycles. The third kappa shape index (κ3) is 14.2. The van der Waals surface area contributed by atoms with Gasteiger partial charge in [-0.15, -0.1) is 0 Å². The molecule has 0 aliphatic rings. The predicted molar refractivity (Wildman–Crippen MR) is 148 cm³/mol. The Labute approximate surface area is 223 Å². The SMILES string of the molecule is CCCCCCCCCCCC[C@@H](O)[C@H](O)[C@H](COCc1ccccc1)NC(=O)OCc1ccccc1. The van der Waals surface area contributed by atoms with Crippen LogP contribution in [0.1, 0.15) is 88.7 Å². The van der Waals surface area contributed by atoms with Crippen LogP contribution in [0.3, 0.4) is 0 Å². The second-order valence-corrected chi connectivity index (χ2v) is 9.84. The van der Waals surface area contributed by atoms with Gasteiger partial charge in [-0.05, 0) is 17.5 Å². The van der Waals surface area contributed by atoms with Crippen LogP contribution in [0.4, 0.5) is 4.79 Å². The van der Waals surface area contributed by atoms with Crippen molar-refractivity contribution in [3.63, 3.8) is 0 Å². The van der Waals surface area contributed by atoms with Gasteiger partial charge in [0.05, 0.1) is 25.4 Å². The van der Waals surface area contributed by atoms with E-state index >= 15 is 0 Å². The molecule has 0 bridgehead atoms. The number of benzene rings is 2. The number of nitrogens with one attached hydrogen (secondary N) is 1. The molecule has 2 aromatic rings. The molecule has 0 fully saturated rings. The molecular weight excluding hydrogens is 466 g/mol. The highest BCUT2D eigenvalue weighted by Crippen LogP contribution is 2.15. The van der Waals surface area contributed by atoms with Crippen molar-refractivity contribution in [3.05, 3.63) is 71.8 Å². The normalized spacial score (nSPS) is 13.6. The van der Waals surface area contributed by atoms with Crippen LogP contribution < -0.4 is 5.32 Å². The number of hydrogen-bond acceptors (Lipinski definition) is 5. The summed E-state index contributed by atoms with van der Waals surface area (Å²) >= 11 is 0. The molecule has 0 saturated carbocycles. The summed E-state index contributed by atoms with van der Waals surface area (Å²) in [5.74, 6) is 0. The summed E-state index contributed by atoms with van der Waals surface area (Å²) in [6.45, 7) is 2.77. The molecule has 2 rings (SSSR count). The minimum atomic E-state index is -1.15. The van der Waals surface area contributed by atoms with Crippen molar-refractivity contribution >= 4 is 6.09 Å². The fourth-order valence-electron chi connectivity index (χ4n) is 4.30. The minimum Gasteiger partial charge on any atom is -0.445 e. The number of carbonyl (C=O) groups excluding carboxylic acids is 1. The highest BCUT2D eigenvalue weighted by atomic mass is 16.5. The monoisotopic (exact) mass is 513 g/mol. The van der Waals surface area contributed by atoms with Gasteiger partial charge in [-0.25, -0.2) is 4.79 Å². The van der Waals surface area contributed by atoms with Crippen molar-refractivity contribution in [1.82, 2.24) is 5.32 Å². The van der Waals surface area contributed by atoms with E-state index in [1.54, 1.807) is 0 Å². The maximum absolute atomic E-state index is 12.4. The molecule has 0 radical (unpaired) electrons. The molecule has 2 aromatic carbocycles. The molecule has 206 valence electrons. The van der Waals surface area contributed by atoms with Gasteiger partial charge in [0.2, 0.25) is 0 Å². The van der Waals surface area contributed by atoms with Gasteiger partial charge in [0.25, 0.3) is 0 Å². The number of carbonyl (C=O) groups is 1. The van der Waals surface area contributed by atoms with E-state index in [0.29, 0.717) is 13.0 Å². The average Bonchev–Trinajstić information content (AvgIpc) is 2.93. The molecule has 0 saturated heterocycles. The van der Waals surface area contributed by atoms with Crippen LogP contribution >= 0.6 is 0 Å². The highest BCUT2D eigenvalue weighted by molar-refractivity contribution is 5.67. The number of amides is 1. The topological polar surface area (TPSA) is 88.0 Å². The molecule has 1 amide bonds. The summed E-state index contributed by atoms with van der Waals surface area (Å²) in [5, 5.41) is 24.2. The molecule has 0 aromatic heterocycles. The van der Waals surface area contributed by atoms with Crippen molar-refractivity contribution in [2.75, 3.05) is 6.61 Å². The largest absolute Gasteiger partial charge is 0.445 e. The summed E-state index contributed by atoms with van der Waals surface area (Å²) < 4.78 is 11.1. The van der Waals surface area contributed by atoms with Gasteiger partial charge < -0.3 is 25.0 Å². The highest BCUT2D eigenvalue weighted by Gasteiger charge is 2.28. The zero-order valence-corrected chi connectivity index (χ0v) is 22.5. The van der Waals surface area contributed by atoms with Crippen LogP contribution in [0.25, 0.3) is 0 Å². The van der Waals surface area contributed by atoms with Gasteiger partial charge in [-0.3, -0.25) is 0 Å². The Balaban J connectivity index is 1.75. The molecular formula is C31H47NO5. The first kappa shape index (κ1) is 30.8. The van der Waals surface area contributed by atoms with Crippen LogP contribution in [0.2, 0.25) is 0 Å². The summed E-state index contributed by atoms with van der Waals surface area (Å²) in [7, 11) is 0. The lowest BCUT2D eigenvalue weighted by Crippen LogP contribution is -2.51. The first-order valence-electron chi connectivity index (χ1n) is 14.0. The average molecular weight is 514 g/mol. The van der Waals surface area contributed by atoms with E-state index < -0.39 is 24.3 Å². The minimum absolute atomic E-state index is 0.0611. The van der Waals surface area contributed by atoms with Crippen LogP contribution in [0.15, 0.2) is 60.7 Å². The Morgan fingerprint density at radius 2 is 1.27 bits per heavy atom. The second-order valence-electron chi connectivity index (χ2n) is 9.84. The second kappa shape index (κ2) is 19.7. The summed E-state index contributed by atoms with van der Waals surface area (Å²) in [5.41, 5.74) is 1.87. The lowest BCUT2D eigenvalue weighted by Gasteiger charge is -2.27. The summed E-state index contributed by atoms with van der Waals surface area (Å²) in [6.07, 6.45) is 9.80. The maximum atomic E-state index is 12.4. The summed E-state index contributed by atoms with van der Waals surface area (Å²) in [4.78, 5) is 12.4. The Bertz CT molecular complexity index is 817. The van der Waals surface area contributed by atoms with E-state index in [-0.39, 0.29) is 13.2 Å². The number of ether oxygens (including phenoxy) is 2. The Hall–Kier alpha value is -2.41. The van der Waals surface area contributed by atoms with Crippen molar-refractivity contribution in [2.45, 2.75) is 109 Å². The lowest BCUT2D eigenvalue weighted by molar-refractivity contribution is -0.0336. The first-order chi connectivity index (χ1) is 18.1. The van der Waals surface area contributed by atoms with E-state index in [0.717, 1.165) is 30.4 Å². The van der Waals surface area contributed by atoms with Crippen molar-refractivity contribution < 1.29 is 24.5 Å². The fourth-order valence-corrected chi connectivity index (χ4v) is 4.30. The van der Waals surface area contributed by atoms with E-state index in [9.17, 15) is 15.0 Å². The van der Waals surface area contributed by atoms with Crippen LogP contribution in [0.5, 0.6) is 0 Å². The first-order valence-corrected chi connectivity index (χ1v) is 14.0. The van der Waals surface area contributed by atoms with E-state index in [4.69, 9.17) is 9.47 Å². The third-order valence-electron chi connectivity index (χ3n) is 6.58. The Kier molecular flexibility index (Phi) is 16.4. The maximum Gasteiger partial charge on any atom is 0.407 e. The van der Waals surface area contributed by atoms with Gasteiger partial charge in [0.1, 0.15) is 12.7 Å². The molecule has 6 nitrogen and oxygen atoms in total. The van der Waals surface area contributed by atoms with Crippen molar-refractivity contribution in [1.29, 1.82) is 0 Å². The third-order valence-corrected chi connectivity index (χ3v) is 6.58. The van der Waals surface area contributed by atoms with E-state index in [1.807, 2.05) is 60.7 Å². The molecule has 0 aliphatic carbocycles. The van der Waals surface area contributed by atoms with E-state index in [2.05, 4.69) is 12.2 Å². The molecule has 0 aliphatic heterocycles. The Morgan fingerprint density at radius 3 is 1.84 bits per heavy atom. The number of unbranched alkanes of at least 4 members (excludes halogenated alkanes) is 9. The molecule has 6 heteroatoms. The van der Waals surface area contributed by atoms with Gasteiger partial charge >= 0.3 is 6.09 Å². The smallest absolute Gasteiger partial charge is 0.407 e. The number of aliphatic hydroxyl groups is 2. The van der Waals surface area contributed by atoms with Gasteiger partial charge in [-0.2, -0.15) is 0 Å². The van der Waals surface area contributed by atoms with Gasteiger partial charge in [0, 0.05) is 0 Å². The summed E-state index contributed by atoms with van der Waals surface area (Å²) in [6, 6.07) is 18.3. The predicted octanol–water partition coefficient (Wildman–Crippen LogP) is 6.53. The van der Waals surface area contributed by atoms with Crippen molar-refractivity contribution in [2.24, 2.45) is 0 Å². The van der Waals surface area contributed by atoms with Crippen LogP contribution in [-0.4, -0.2) is 41.2 Å². The quantitative estimate of drug-likeness (QED) is 0.175.